The highest BCUT2D eigenvalue weighted by molar-refractivity contribution is 7.33. The van der Waals surface area contributed by atoms with Crippen LogP contribution in [0.2, 0.25) is 0 Å². The van der Waals surface area contributed by atoms with Gasteiger partial charge in [0.15, 0.2) is 0 Å². The summed E-state index contributed by atoms with van der Waals surface area (Å²) in [5, 5.41) is 1.38. The maximum absolute atomic E-state index is 4.42. The zero-order valence-electron chi connectivity index (χ0n) is 24.9. The first-order chi connectivity index (χ1) is 20.8. The van der Waals surface area contributed by atoms with Crippen LogP contribution < -0.4 is 25.5 Å². The second-order valence-corrected chi connectivity index (χ2v) is 14.3. The maximum atomic E-state index is 4.42. The molecule has 4 heteroatoms. The number of allylic oxidation sites excluding steroid dienone is 1. The van der Waals surface area contributed by atoms with Crippen LogP contribution in [0, 0.1) is 0 Å². The first kappa shape index (κ1) is 25.0. The summed E-state index contributed by atoms with van der Waals surface area (Å²) >= 11 is 1.97. The van der Waals surface area contributed by atoms with Crippen LogP contribution >= 0.6 is 11.3 Å². The van der Waals surface area contributed by atoms with Gasteiger partial charge in [-0.1, -0.05) is 93.6 Å². The quantitative estimate of drug-likeness (QED) is 0.191. The number of hydrogen-bond donors (Lipinski definition) is 0. The summed E-state index contributed by atoms with van der Waals surface area (Å²) in [7, 11) is 0. The minimum Gasteiger partial charge on any atom is -0.311 e. The van der Waals surface area contributed by atoms with Crippen LogP contribution in [0.1, 0.15) is 38.8 Å². The lowest BCUT2D eigenvalue weighted by Crippen LogP contribution is -2.60. The van der Waals surface area contributed by atoms with E-state index in [0.29, 0.717) is 0 Å². The Kier molecular flexibility index (Phi) is 4.96. The molecule has 0 fully saturated rings. The third-order valence-electron chi connectivity index (χ3n) is 9.52. The second-order valence-electron chi connectivity index (χ2n) is 13.2. The van der Waals surface area contributed by atoms with Gasteiger partial charge in [0.25, 0.3) is 6.71 Å². The fourth-order valence-corrected chi connectivity index (χ4v) is 8.82. The van der Waals surface area contributed by atoms with Gasteiger partial charge >= 0.3 is 0 Å². The Morgan fingerprint density at radius 3 is 2.14 bits per heavy atom. The lowest BCUT2D eigenvalue weighted by molar-refractivity contribution is 0.590. The number of rotatable bonds is 2. The summed E-state index contributed by atoms with van der Waals surface area (Å²) in [4.78, 5) is 5.05. The zero-order valence-corrected chi connectivity index (χ0v) is 25.7. The van der Waals surface area contributed by atoms with Crippen LogP contribution in [0.4, 0.5) is 34.1 Å². The zero-order chi connectivity index (χ0) is 29.2. The van der Waals surface area contributed by atoms with Crippen LogP contribution in [0.15, 0.2) is 110 Å². The molecule has 0 saturated carbocycles. The normalized spacial score (nSPS) is 14.0. The van der Waals surface area contributed by atoms with Crippen molar-refractivity contribution in [2.75, 3.05) is 9.80 Å². The molecular weight excluding hydrogens is 539 g/mol. The highest BCUT2D eigenvalue weighted by atomic mass is 32.1. The van der Waals surface area contributed by atoms with Gasteiger partial charge in [0, 0.05) is 43.2 Å². The predicted molar refractivity (Wildman–Crippen MR) is 188 cm³/mol. The monoisotopic (exact) mass is 570 g/mol. The Hall–Kier alpha value is -4.54. The largest absolute Gasteiger partial charge is 0.311 e. The average Bonchev–Trinajstić information content (AvgIpc) is 3.40. The van der Waals surface area contributed by atoms with Gasteiger partial charge in [0.1, 0.15) is 0 Å². The molecule has 1 aromatic heterocycles. The molecule has 0 spiro atoms. The van der Waals surface area contributed by atoms with Crippen molar-refractivity contribution in [3.05, 3.63) is 121 Å². The molecule has 0 bridgehead atoms. The van der Waals surface area contributed by atoms with E-state index in [0.717, 1.165) is 5.57 Å². The summed E-state index contributed by atoms with van der Waals surface area (Å²) in [5.74, 6) is 0. The molecule has 9 rings (SSSR count). The Morgan fingerprint density at radius 1 is 0.721 bits per heavy atom. The predicted octanol–water partition coefficient (Wildman–Crippen LogP) is 9.29. The van der Waals surface area contributed by atoms with Gasteiger partial charge in [-0.3, -0.25) is 0 Å². The van der Waals surface area contributed by atoms with E-state index in [1.54, 1.807) is 0 Å². The molecule has 3 aliphatic rings. The molecular formula is C39H31BN2S. The van der Waals surface area contributed by atoms with Gasteiger partial charge in [-0.25, -0.2) is 0 Å². The number of anilines is 6. The van der Waals surface area contributed by atoms with E-state index in [-0.39, 0.29) is 12.1 Å². The lowest BCUT2D eigenvalue weighted by atomic mass is 9.36. The van der Waals surface area contributed by atoms with Gasteiger partial charge in [-0.05, 0) is 82.4 Å². The highest BCUT2D eigenvalue weighted by Crippen LogP contribution is 2.55. The van der Waals surface area contributed by atoms with Crippen molar-refractivity contribution in [1.82, 2.24) is 0 Å². The average molecular weight is 571 g/mol. The molecule has 206 valence electrons. The minimum atomic E-state index is 0.0978. The van der Waals surface area contributed by atoms with Crippen molar-refractivity contribution in [3.8, 4) is 11.1 Å². The van der Waals surface area contributed by atoms with E-state index in [2.05, 4.69) is 147 Å². The number of hydrogen-bond acceptors (Lipinski definition) is 3. The summed E-state index contributed by atoms with van der Waals surface area (Å²) in [6.45, 7) is 13.5. The Balaban J connectivity index is 1.41. The van der Waals surface area contributed by atoms with E-state index < -0.39 is 0 Å². The molecule has 0 N–H and O–H groups in total. The van der Waals surface area contributed by atoms with Crippen LogP contribution in [0.5, 0.6) is 0 Å². The third-order valence-corrected chi connectivity index (χ3v) is 10.7. The highest BCUT2D eigenvalue weighted by Gasteiger charge is 2.46. The topological polar surface area (TPSA) is 6.48 Å². The first-order valence-corrected chi connectivity index (χ1v) is 15.9. The Bertz CT molecular complexity index is 2170. The second kappa shape index (κ2) is 8.52. The van der Waals surface area contributed by atoms with Crippen LogP contribution in [-0.2, 0) is 5.41 Å². The molecule has 0 aliphatic carbocycles. The smallest absolute Gasteiger partial charge is 0.264 e. The molecule has 2 nitrogen and oxygen atoms in total. The minimum absolute atomic E-state index is 0.0978. The van der Waals surface area contributed by atoms with Gasteiger partial charge in [-0.15, -0.1) is 11.3 Å². The van der Waals surface area contributed by atoms with Gasteiger partial charge in [0.05, 0.1) is 11.4 Å². The van der Waals surface area contributed by atoms with Crippen molar-refractivity contribution >= 4 is 83.5 Å². The van der Waals surface area contributed by atoms with Crippen molar-refractivity contribution in [2.45, 2.75) is 33.1 Å². The Morgan fingerprint density at radius 2 is 1.40 bits per heavy atom. The number of thiophene rings is 1. The van der Waals surface area contributed by atoms with Gasteiger partial charge < -0.3 is 9.80 Å². The molecule has 0 atom stereocenters. The Labute approximate surface area is 257 Å². The summed E-state index contributed by atoms with van der Waals surface area (Å²) in [5.41, 5.74) is 16.6. The molecule has 0 unspecified atom stereocenters. The van der Waals surface area contributed by atoms with E-state index in [4.69, 9.17) is 0 Å². The van der Waals surface area contributed by atoms with E-state index in [1.807, 2.05) is 11.3 Å². The molecule has 5 aromatic carbocycles. The fraction of sp³-hybridized carbons (Fsp3) is 0.128. The van der Waals surface area contributed by atoms with E-state index in [1.165, 1.54) is 82.2 Å². The summed E-state index contributed by atoms with van der Waals surface area (Å²) < 4.78 is 2.79. The van der Waals surface area contributed by atoms with Crippen LogP contribution in [0.25, 0.3) is 26.8 Å². The van der Waals surface area contributed by atoms with Crippen LogP contribution in [-0.4, -0.2) is 6.71 Å². The van der Waals surface area contributed by atoms with Crippen molar-refractivity contribution in [1.29, 1.82) is 0 Å². The lowest BCUT2D eigenvalue weighted by Gasteiger charge is -2.44. The summed E-state index contributed by atoms with van der Waals surface area (Å²) in [6, 6.07) is 38.7. The van der Waals surface area contributed by atoms with Crippen molar-refractivity contribution in [2.24, 2.45) is 0 Å². The molecule has 43 heavy (non-hydrogen) atoms. The van der Waals surface area contributed by atoms with E-state index >= 15 is 0 Å². The van der Waals surface area contributed by atoms with Gasteiger partial charge in [0.2, 0.25) is 0 Å². The molecule has 0 amide bonds. The van der Waals surface area contributed by atoms with Crippen molar-refractivity contribution in [3.63, 3.8) is 0 Å². The number of benzene rings is 5. The summed E-state index contributed by atoms with van der Waals surface area (Å²) in [6.07, 6.45) is 0. The van der Waals surface area contributed by atoms with E-state index in [9.17, 15) is 0 Å². The van der Waals surface area contributed by atoms with Crippen LogP contribution in [0.3, 0.4) is 0 Å². The van der Waals surface area contributed by atoms with Gasteiger partial charge in [-0.2, -0.15) is 0 Å². The number of fused-ring (bicyclic) bond motifs is 7. The fourth-order valence-electron chi connectivity index (χ4n) is 7.48. The molecule has 0 radical (unpaired) electrons. The molecule has 6 aromatic rings. The first-order valence-electron chi connectivity index (χ1n) is 15.1. The number of para-hydroxylation sites is 2. The SMILES string of the molecule is C=C(C)c1cc2c3c(c1)N1c4ccccc4-c4cccc5sc(c1c45)B3c1ccccc1N2c1ccc(C(C)(C)C)cc1. The molecule has 4 heterocycles. The standard InChI is InChI=1S/C39H31BN2S/c1-23(2)24-21-32-36-33(22-24)42-30-14-8-6-11-27(30)28-12-10-16-34-35(28)37(42)38(43-34)40(36)29-13-7-9-15-31(29)41(32)26-19-17-25(18-20-26)39(3,4)5/h6-22H,1H2,2-5H3. The third kappa shape index (κ3) is 3.30. The molecule has 0 saturated heterocycles. The maximum Gasteiger partial charge on any atom is 0.264 e. The van der Waals surface area contributed by atoms with Crippen molar-refractivity contribution < 1.29 is 0 Å². The number of nitrogens with zero attached hydrogens (tertiary/aromatic N) is 2. The molecule has 3 aliphatic heterocycles.